The summed E-state index contributed by atoms with van der Waals surface area (Å²) in [6.45, 7) is 21.5. The fourth-order valence-electron chi connectivity index (χ4n) is 6.42. The molecule has 4 rings (SSSR count). The summed E-state index contributed by atoms with van der Waals surface area (Å²) >= 11 is 0. The molecule has 0 aliphatic carbocycles. The van der Waals surface area contributed by atoms with Gasteiger partial charge in [0.25, 0.3) is 17.0 Å². The number of aromatic amines is 1. The van der Waals surface area contributed by atoms with Gasteiger partial charge in [0.05, 0.1) is 22.4 Å². The first-order valence-corrected chi connectivity index (χ1v) is 18.3. The second-order valence-electron chi connectivity index (χ2n) is 12.4. The van der Waals surface area contributed by atoms with Crippen molar-refractivity contribution in [1.82, 2.24) is 36.0 Å². The van der Waals surface area contributed by atoms with E-state index in [0.717, 1.165) is 71.7 Å². The molecular formula is C36H58N10O5. The maximum atomic E-state index is 14.1. The second kappa shape index (κ2) is 20.5. The van der Waals surface area contributed by atoms with Gasteiger partial charge in [-0.05, 0) is 90.3 Å². The number of nitrogens with two attached hydrogens (primary N) is 1. The van der Waals surface area contributed by atoms with Gasteiger partial charge in [-0.15, -0.1) is 0 Å². The van der Waals surface area contributed by atoms with Crippen molar-refractivity contribution < 1.29 is 14.7 Å². The highest BCUT2D eigenvalue weighted by Gasteiger charge is 2.32. The van der Waals surface area contributed by atoms with Crippen molar-refractivity contribution >= 4 is 44.9 Å². The topological polar surface area (TPSA) is 201 Å². The van der Waals surface area contributed by atoms with Gasteiger partial charge < -0.3 is 36.3 Å². The third-order valence-corrected chi connectivity index (χ3v) is 9.45. The molecule has 0 saturated heterocycles. The molecule has 0 spiro atoms. The zero-order chi connectivity index (χ0) is 37.5. The number of benzene rings is 2. The average Bonchev–Trinajstić information content (AvgIpc) is 3.33. The van der Waals surface area contributed by atoms with E-state index in [1.54, 1.807) is 0 Å². The zero-order valence-corrected chi connectivity index (χ0v) is 31.2. The molecule has 0 atom stereocenters. The van der Waals surface area contributed by atoms with Gasteiger partial charge >= 0.3 is 5.97 Å². The lowest BCUT2D eigenvalue weighted by Gasteiger charge is -2.23. The quantitative estimate of drug-likeness (QED) is 0.0310. The molecule has 51 heavy (non-hydrogen) atoms. The van der Waals surface area contributed by atoms with Gasteiger partial charge in [-0.25, -0.2) is 10.2 Å². The number of nitrogens with zero attached hydrogens (tertiary/aromatic N) is 4. The number of carboxylic acids is 1. The molecule has 2 aromatic carbocycles. The molecule has 0 aliphatic heterocycles. The number of amides is 1. The van der Waals surface area contributed by atoms with Gasteiger partial charge in [0.2, 0.25) is 0 Å². The van der Waals surface area contributed by atoms with E-state index < -0.39 is 23.0 Å². The van der Waals surface area contributed by atoms with Crippen molar-refractivity contribution in [3.05, 3.63) is 49.5 Å². The molecule has 8 N–H and O–H groups in total. The predicted molar refractivity (Wildman–Crippen MR) is 206 cm³/mol. The van der Waals surface area contributed by atoms with Crippen LogP contribution in [0.2, 0.25) is 0 Å². The Morgan fingerprint density at radius 3 is 1.69 bits per heavy atom. The Balaban J connectivity index is 2.23. The van der Waals surface area contributed by atoms with Crippen molar-refractivity contribution in [2.75, 3.05) is 83.9 Å². The van der Waals surface area contributed by atoms with Crippen LogP contribution in [0, 0.1) is 0 Å². The number of rotatable bonds is 24. The number of carboxylic acid groups (broad SMARTS) is 1. The summed E-state index contributed by atoms with van der Waals surface area (Å²) in [4.78, 5) is 63.2. The third kappa shape index (κ3) is 10.4. The van der Waals surface area contributed by atoms with Crippen LogP contribution in [-0.2, 0) is 0 Å². The number of hydrogen-bond acceptors (Lipinski definition) is 11. The molecular weight excluding hydrogens is 652 g/mol. The zero-order valence-electron chi connectivity index (χ0n) is 31.2. The highest BCUT2D eigenvalue weighted by Crippen LogP contribution is 2.38. The van der Waals surface area contributed by atoms with Crippen molar-refractivity contribution in [3.8, 4) is 0 Å². The lowest BCUT2D eigenvalue weighted by Crippen LogP contribution is -2.40. The second-order valence-corrected chi connectivity index (χ2v) is 12.4. The Hall–Kier alpha value is -4.31. The van der Waals surface area contributed by atoms with Crippen LogP contribution in [0.1, 0.15) is 87.1 Å². The summed E-state index contributed by atoms with van der Waals surface area (Å²) in [6, 6.07) is 2.92. The number of hydrazone groups is 1. The first-order chi connectivity index (χ1) is 24.6. The normalized spacial score (nSPS) is 12.1. The van der Waals surface area contributed by atoms with Gasteiger partial charge in [0.15, 0.2) is 5.84 Å². The van der Waals surface area contributed by atoms with Crippen LogP contribution in [0.25, 0.3) is 21.5 Å². The van der Waals surface area contributed by atoms with E-state index in [-0.39, 0.29) is 49.8 Å². The monoisotopic (exact) mass is 710 g/mol. The molecule has 15 nitrogen and oxygen atoms in total. The maximum absolute atomic E-state index is 14.1. The standard InChI is InChI=1S/C36H58N10O5/c1-7-44(8-2)21-13-18-38-31-29(32(37)42-39-19-14-22-45(9-3)10-4)27-25-17-16-24(33(47)41-34(25)48)26(27)28(30(31)36(50)51)35(49)43-40-20-15-23-46(11-5)12-6/h16-17,38-40H,7-15,18-23H2,1-6H3,(H2,37,42)(H,43,49)(H,50,51)(H,41,47,48). The molecule has 2 bridgehead atoms. The Bertz CT molecular complexity index is 1730. The Kier molecular flexibility index (Phi) is 16.5. The highest BCUT2D eigenvalue weighted by atomic mass is 16.4. The molecule has 0 radical (unpaired) electrons. The molecule has 0 fully saturated rings. The predicted octanol–water partition coefficient (Wildman–Crippen LogP) is 2.23. The van der Waals surface area contributed by atoms with E-state index in [4.69, 9.17) is 5.73 Å². The molecule has 2 aromatic heterocycles. The summed E-state index contributed by atoms with van der Waals surface area (Å²) in [5, 5.41) is 18.7. The van der Waals surface area contributed by atoms with Gasteiger partial charge in [-0.3, -0.25) is 24.8 Å². The minimum atomic E-state index is -1.40. The van der Waals surface area contributed by atoms with E-state index in [1.807, 2.05) is 0 Å². The molecule has 0 unspecified atom stereocenters. The first-order valence-electron chi connectivity index (χ1n) is 18.3. The van der Waals surface area contributed by atoms with Crippen molar-refractivity contribution in [2.24, 2.45) is 10.8 Å². The van der Waals surface area contributed by atoms with Crippen LogP contribution in [-0.4, -0.2) is 121 Å². The van der Waals surface area contributed by atoms with Crippen LogP contribution in [0.15, 0.2) is 26.8 Å². The minimum absolute atomic E-state index is 0.0130. The first kappa shape index (κ1) is 41.1. The summed E-state index contributed by atoms with van der Waals surface area (Å²) in [5.41, 5.74) is 13.4. The lowest BCUT2D eigenvalue weighted by atomic mass is 9.88. The highest BCUT2D eigenvalue weighted by molar-refractivity contribution is 6.30. The van der Waals surface area contributed by atoms with Crippen LogP contribution in [0.3, 0.4) is 0 Å². The van der Waals surface area contributed by atoms with Gasteiger partial charge in [-0.2, -0.15) is 5.10 Å². The number of carbonyl (C=O) groups excluding carboxylic acids is 1. The summed E-state index contributed by atoms with van der Waals surface area (Å²) < 4.78 is 0. The van der Waals surface area contributed by atoms with Crippen molar-refractivity contribution in [2.45, 2.75) is 60.8 Å². The average molecular weight is 711 g/mol. The molecule has 4 aromatic rings. The largest absolute Gasteiger partial charge is 0.478 e. The van der Waals surface area contributed by atoms with Crippen molar-refractivity contribution in [1.29, 1.82) is 0 Å². The number of aromatic carboxylic acids is 1. The van der Waals surface area contributed by atoms with E-state index in [9.17, 15) is 24.3 Å². The number of anilines is 1. The number of aromatic nitrogens is 1. The molecule has 282 valence electrons. The lowest BCUT2D eigenvalue weighted by molar-refractivity contribution is 0.0692. The number of amidine groups is 1. The molecule has 0 aliphatic rings. The summed E-state index contributed by atoms with van der Waals surface area (Å²) in [6.07, 6.45) is 2.16. The van der Waals surface area contributed by atoms with Crippen molar-refractivity contribution in [3.63, 3.8) is 0 Å². The van der Waals surface area contributed by atoms with Crippen LogP contribution in [0.4, 0.5) is 5.69 Å². The Morgan fingerprint density at radius 1 is 0.725 bits per heavy atom. The number of nitrogens with one attached hydrogen (secondary N) is 5. The number of hydrazine groups is 1. The molecule has 1 amide bonds. The van der Waals surface area contributed by atoms with Gasteiger partial charge in [0, 0.05) is 41.2 Å². The Labute approximate surface area is 300 Å². The van der Waals surface area contributed by atoms with Crippen LogP contribution < -0.4 is 38.4 Å². The van der Waals surface area contributed by atoms with E-state index >= 15 is 0 Å². The van der Waals surface area contributed by atoms with Gasteiger partial charge in [0.1, 0.15) is 0 Å². The van der Waals surface area contributed by atoms with Crippen LogP contribution in [0.5, 0.6) is 0 Å². The van der Waals surface area contributed by atoms with Crippen LogP contribution >= 0.6 is 0 Å². The van der Waals surface area contributed by atoms with E-state index in [0.29, 0.717) is 26.1 Å². The number of hydrogen-bond donors (Lipinski definition) is 7. The Morgan fingerprint density at radius 2 is 1.20 bits per heavy atom. The smallest absolute Gasteiger partial charge is 0.338 e. The summed E-state index contributed by atoms with van der Waals surface area (Å²) in [7, 11) is 0. The minimum Gasteiger partial charge on any atom is -0.478 e. The molecule has 15 heteroatoms. The fourth-order valence-corrected chi connectivity index (χ4v) is 6.42. The SMILES string of the molecule is CCN(CC)CCCNN=C(N)c1c(NCCCN(CC)CC)c(C(=O)O)c(C(=O)NNCCCN(CC)CC)c2c3ccc(c(=O)[nH]c3=O)c12. The summed E-state index contributed by atoms with van der Waals surface area (Å²) in [5.74, 6) is -2.25. The third-order valence-electron chi connectivity index (χ3n) is 9.45. The molecule has 0 saturated carbocycles. The molecule has 2 heterocycles. The van der Waals surface area contributed by atoms with Gasteiger partial charge in [-0.1, -0.05) is 41.5 Å². The van der Waals surface area contributed by atoms with E-state index in [2.05, 4.69) is 87.9 Å². The number of fused-ring (bicyclic) bond motifs is 3. The maximum Gasteiger partial charge on any atom is 0.338 e. The number of H-pyrrole nitrogens is 1. The fraction of sp³-hybridized carbons (Fsp3) is 0.583. The number of carbonyl (C=O) groups is 2. The van der Waals surface area contributed by atoms with E-state index in [1.165, 1.54) is 12.1 Å².